The summed E-state index contributed by atoms with van der Waals surface area (Å²) < 4.78 is 0. The van der Waals surface area contributed by atoms with Gasteiger partial charge in [0.25, 0.3) is 0 Å². The maximum absolute atomic E-state index is 12.0. The van der Waals surface area contributed by atoms with Gasteiger partial charge in [0, 0.05) is 18.5 Å². The minimum Gasteiger partial charge on any atom is -0.367 e. The number of aryl methyl sites for hydroxylation is 2. The lowest BCUT2D eigenvalue weighted by atomic mass is 9.85. The third-order valence-electron chi connectivity index (χ3n) is 4.12. The molecule has 1 aromatic rings. The lowest BCUT2D eigenvalue weighted by Gasteiger charge is -2.36. The Balaban J connectivity index is 2.02. The van der Waals surface area contributed by atoms with Crippen molar-refractivity contribution in [1.29, 1.82) is 0 Å². The van der Waals surface area contributed by atoms with Crippen molar-refractivity contribution in [2.75, 3.05) is 13.1 Å². The Labute approximate surface area is 133 Å². The number of carbonyl (C=O) groups excluding carboxylic acids is 1. The van der Waals surface area contributed by atoms with Crippen molar-refractivity contribution in [2.45, 2.75) is 53.0 Å². The summed E-state index contributed by atoms with van der Waals surface area (Å²) >= 11 is 0. The predicted octanol–water partition coefficient (Wildman–Crippen LogP) is 2.92. The van der Waals surface area contributed by atoms with Gasteiger partial charge >= 0.3 is 5.97 Å². The van der Waals surface area contributed by atoms with Crippen LogP contribution in [0.15, 0.2) is 18.2 Å². The van der Waals surface area contributed by atoms with Gasteiger partial charge in [-0.05, 0) is 46.6 Å². The number of nitrogens with zero attached hydrogens (tertiary/aromatic N) is 1. The molecule has 0 saturated carbocycles. The summed E-state index contributed by atoms with van der Waals surface area (Å²) in [6.07, 6.45) is 0.904. The molecule has 0 aromatic heterocycles. The fourth-order valence-corrected chi connectivity index (χ4v) is 2.93. The van der Waals surface area contributed by atoms with Crippen molar-refractivity contribution >= 4 is 5.97 Å². The molecule has 1 aliphatic rings. The summed E-state index contributed by atoms with van der Waals surface area (Å²) in [5, 5.41) is 1.72. The van der Waals surface area contributed by atoms with Gasteiger partial charge in [0.2, 0.25) is 0 Å². The second kappa shape index (κ2) is 6.39. The standard InChI is InChI=1S/C18H28N2O2/c1-12-8-13(2)10-14(9-12)15-6-7-20(11-16(15)19)22-17(21)18(3,4)5/h8-10,15-16H,6-7,11,19H2,1-5H3. The van der Waals surface area contributed by atoms with Crippen molar-refractivity contribution < 1.29 is 9.63 Å². The normalized spacial score (nSPS) is 23.4. The van der Waals surface area contributed by atoms with Crippen LogP contribution in [0.1, 0.15) is 49.8 Å². The van der Waals surface area contributed by atoms with Crippen LogP contribution in [0, 0.1) is 19.3 Å². The highest BCUT2D eigenvalue weighted by Gasteiger charge is 2.32. The molecule has 122 valence electrons. The van der Waals surface area contributed by atoms with E-state index >= 15 is 0 Å². The molecule has 2 atom stereocenters. The Bertz CT molecular complexity index is 528. The van der Waals surface area contributed by atoms with E-state index in [0.29, 0.717) is 12.5 Å². The minimum atomic E-state index is -0.491. The molecule has 1 saturated heterocycles. The van der Waals surface area contributed by atoms with Crippen LogP contribution in [-0.2, 0) is 9.63 Å². The van der Waals surface area contributed by atoms with E-state index in [1.54, 1.807) is 5.06 Å². The van der Waals surface area contributed by atoms with E-state index in [-0.39, 0.29) is 12.0 Å². The minimum absolute atomic E-state index is 0.0253. The Morgan fingerprint density at radius 3 is 2.32 bits per heavy atom. The van der Waals surface area contributed by atoms with E-state index in [2.05, 4.69) is 32.0 Å². The number of benzene rings is 1. The van der Waals surface area contributed by atoms with Gasteiger partial charge < -0.3 is 10.6 Å². The van der Waals surface area contributed by atoms with E-state index in [0.717, 1.165) is 13.0 Å². The van der Waals surface area contributed by atoms with Crippen LogP contribution in [-0.4, -0.2) is 30.2 Å². The first-order valence-electron chi connectivity index (χ1n) is 7.98. The largest absolute Gasteiger partial charge is 0.367 e. The summed E-state index contributed by atoms with van der Waals surface area (Å²) in [5.41, 5.74) is 9.69. The zero-order valence-electron chi connectivity index (χ0n) is 14.3. The van der Waals surface area contributed by atoms with Gasteiger partial charge in [-0.3, -0.25) is 0 Å². The topological polar surface area (TPSA) is 55.6 Å². The monoisotopic (exact) mass is 304 g/mol. The number of hydroxylamine groups is 2. The van der Waals surface area contributed by atoms with Crippen LogP contribution < -0.4 is 5.73 Å². The average molecular weight is 304 g/mol. The fraction of sp³-hybridized carbons (Fsp3) is 0.611. The molecule has 0 amide bonds. The van der Waals surface area contributed by atoms with Crippen LogP contribution in [0.2, 0.25) is 0 Å². The van der Waals surface area contributed by atoms with Crippen molar-refractivity contribution in [1.82, 2.24) is 5.06 Å². The zero-order chi connectivity index (χ0) is 16.5. The molecule has 2 unspecified atom stereocenters. The molecule has 1 heterocycles. The third kappa shape index (κ3) is 4.08. The highest BCUT2D eigenvalue weighted by molar-refractivity contribution is 5.75. The maximum atomic E-state index is 12.0. The molecule has 0 aliphatic carbocycles. The van der Waals surface area contributed by atoms with Crippen molar-refractivity contribution in [3.05, 3.63) is 34.9 Å². The molecule has 1 aliphatic heterocycles. The molecule has 0 bridgehead atoms. The molecule has 2 rings (SSSR count). The first-order chi connectivity index (χ1) is 10.2. The van der Waals surface area contributed by atoms with Gasteiger partial charge in [0.15, 0.2) is 0 Å². The molecular weight excluding hydrogens is 276 g/mol. The molecule has 22 heavy (non-hydrogen) atoms. The summed E-state index contributed by atoms with van der Waals surface area (Å²) in [7, 11) is 0. The van der Waals surface area contributed by atoms with Gasteiger partial charge in [0.05, 0.1) is 12.0 Å². The van der Waals surface area contributed by atoms with E-state index in [1.807, 2.05) is 20.8 Å². The number of rotatable bonds is 2. The molecule has 1 fully saturated rings. The van der Waals surface area contributed by atoms with Crippen molar-refractivity contribution in [2.24, 2.45) is 11.1 Å². The number of hydrogen-bond donors (Lipinski definition) is 1. The SMILES string of the molecule is Cc1cc(C)cc(C2CCN(OC(=O)C(C)(C)C)CC2N)c1. The lowest BCUT2D eigenvalue weighted by molar-refractivity contribution is -0.205. The molecule has 4 nitrogen and oxygen atoms in total. The first-order valence-corrected chi connectivity index (χ1v) is 7.98. The molecule has 1 aromatic carbocycles. The van der Waals surface area contributed by atoms with Gasteiger partial charge in [-0.15, -0.1) is 5.06 Å². The fourth-order valence-electron chi connectivity index (χ4n) is 2.93. The highest BCUT2D eigenvalue weighted by Crippen LogP contribution is 2.29. The van der Waals surface area contributed by atoms with Crippen LogP contribution in [0.4, 0.5) is 0 Å². The smallest absolute Gasteiger partial charge is 0.330 e. The van der Waals surface area contributed by atoms with E-state index in [9.17, 15) is 4.79 Å². The van der Waals surface area contributed by atoms with E-state index < -0.39 is 5.41 Å². The zero-order valence-corrected chi connectivity index (χ0v) is 14.3. The predicted molar refractivity (Wildman–Crippen MR) is 88.4 cm³/mol. The summed E-state index contributed by atoms with van der Waals surface area (Å²) in [6.45, 7) is 11.1. The lowest BCUT2D eigenvalue weighted by Crippen LogP contribution is -2.48. The summed E-state index contributed by atoms with van der Waals surface area (Å²) in [6, 6.07) is 6.58. The molecule has 4 heteroatoms. The maximum Gasteiger partial charge on any atom is 0.330 e. The van der Waals surface area contributed by atoms with Gasteiger partial charge in [0.1, 0.15) is 0 Å². The Hall–Kier alpha value is -1.39. The third-order valence-corrected chi connectivity index (χ3v) is 4.12. The summed E-state index contributed by atoms with van der Waals surface area (Å²) in [5.74, 6) is 0.118. The molecule has 0 spiro atoms. The second-order valence-electron chi connectivity index (χ2n) is 7.50. The Morgan fingerprint density at radius 1 is 1.23 bits per heavy atom. The van der Waals surface area contributed by atoms with Gasteiger partial charge in [-0.2, -0.15) is 0 Å². The summed E-state index contributed by atoms with van der Waals surface area (Å²) in [4.78, 5) is 17.4. The number of hydrogen-bond acceptors (Lipinski definition) is 4. The average Bonchev–Trinajstić information content (AvgIpc) is 2.36. The van der Waals surface area contributed by atoms with Crippen LogP contribution >= 0.6 is 0 Å². The van der Waals surface area contributed by atoms with Gasteiger partial charge in [-0.1, -0.05) is 29.3 Å². The number of carbonyl (C=O) groups is 1. The highest BCUT2D eigenvalue weighted by atomic mass is 16.7. The second-order valence-corrected chi connectivity index (χ2v) is 7.50. The number of nitrogens with two attached hydrogens (primary N) is 1. The van der Waals surface area contributed by atoms with Crippen LogP contribution in [0.3, 0.4) is 0 Å². The van der Waals surface area contributed by atoms with Crippen molar-refractivity contribution in [3.8, 4) is 0 Å². The quantitative estimate of drug-likeness (QED) is 0.912. The van der Waals surface area contributed by atoms with Crippen LogP contribution in [0.25, 0.3) is 0 Å². The Kier molecular flexibility index (Phi) is 4.93. The van der Waals surface area contributed by atoms with E-state index in [4.69, 9.17) is 10.6 Å². The van der Waals surface area contributed by atoms with E-state index in [1.165, 1.54) is 16.7 Å². The van der Waals surface area contributed by atoms with Crippen LogP contribution in [0.5, 0.6) is 0 Å². The molecule has 0 radical (unpaired) electrons. The van der Waals surface area contributed by atoms with Gasteiger partial charge in [-0.25, -0.2) is 4.79 Å². The van der Waals surface area contributed by atoms with Crippen molar-refractivity contribution in [3.63, 3.8) is 0 Å². The number of piperidine rings is 1. The molecular formula is C18H28N2O2. The Morgan fingerprint density at radius 2 is 1.82 bits per heavy atom. The molecule has 2 N–H and O–H groups in total. The first kappa shape index (κ1) is 17.0.